The molecule has 0 unspecified atom stereocenters. The molecule has 1 aromatic carbocycles. The smallest absolute Gasteiger partial charge is 0.293 e. The van der Waals surface area contributed by atoms with Crippen LogP contribution in [0.5, 0.6) is 0 Å². The van der Waals surface area contributed by atoms with E-state index in [1.165, 1.54) is 31.4 Å². The molecule has 98 valence electrons. The maximum atomic E-state index is 12.0. The Bertz CT molecular complexity index is 614. The van der Waals surface area contributed by atoms with E-state index < -0.39 is 10.8 Å². The van der Waals surface area contributed by atoms with Crippen molar-refractivity contribution in [1.29, 1.82) is 0 Å². The van der Waals surface area contributed by atoms with Gasteiger partial charge in [-0.25, -0.2) is 0 Å². The van der Waals surface area contributed by atoms with Crippen LogP contribution in [-0.4, -0.2) is 27.5 Å². The molecule has 1 amide bonds. The van der Waals surface area contributed by atoms with Crippen LogP contribution in [0.25, 0.3) is 0 Å². The summed E-state index contributed by atoms with van der Waals surface area (Å²) in [4.78, 5) is 22.4. The van der Waals surface area contributed by atoms with Crippen molar-refractivity contribution in [2.45, 2.75) is 0 Å². The second kappa shape index (κ2) is 5.40. The van der Waals surface area contributed by atoms with Crippen molar-refractivity contribution in [1.82, 2.24) is 9.59 Å². The molecule has 0 saturated carbocycles. The first-order chi connectivity index (χ1) is 9.13. The number of carbonyl (C=O) groups is 1. The van der Waals surface area contributed by atoms with Crippen LogP contribution in [0.4, 0.5) is 16.4 Å². The van der Waals surface area contributed by atoms with Crippen LogP contribution in [-0.2, 0) is 0 Å². The van der Waals surface area contributed by atoms with E-state index in [4.69, 9.17) is 0 Å². The summed E-state index contributed by atoms with van der Waals surface area (Å²) in [6, 6.07) is 4.29. The summed E-state index contributed by atoms with van der Waals surface area (Å²) in [6.45, 7) is 0. The lowest BCUT2D eigenvalue weighted by molar-refractivity contribution is -0.384. The minimum atomic E-state index is -0.545. The number of para-hydroxylation sites is 1. The van der Waals surface area contributed by atoms with Crippen molar-refractivity contribution in [3.8, 4) is 0 Å². The molecule has 2 rings (SSSR count). The van der Waals surface area contributed by atoms with Crippen molar-refractivity contribution in [3.05, 3.63) is 40.1 Å². The van der Waals surface area contributed by atoms with Crippen molar-refractivity contribution >= 4 is 33.8 Å². The fraction of sp³-hybridized carbons (Fsp3) is 0.100. The zero-order valence-electron chi connectivity index (χ0n) is 9.78. The van der Waals surface area contributed by atoms with Gasteiger partial charge in [-0.1, -0.05) is 10.6 Å². The van der Waals surface area contributed by atoms with Crippen LogP contribution < -0.4 is 10.6 Å². The van der Waals surface area contributed by atoms with E-state index in [0.717, 1.165) is 11.5 Å². The number of nitro benzene ring substituents is 1. The molecule has 0 aliphatic heterocycles. The predicted octanol–water partition coefficient (Wildman–Crippen LogP) is 1.74. The number of hydrogen-bond donors (Lipinski definition) is 2. The van der Waals surface area contributed by atoms with Gasteiger partial charge in [-0.2, -0.15) is 0 Å². The lowest BCUT2D eigenvalue weighted by atomic mass is 10.1. The van der Waals surface area contributed by atoms with Gasteiger partial charge in [0.05, 0.1) is 16.7 Å². The zero-order chi connectivity index (χ0) is 13.8. The molecule has 0 spiro atoms. The highest BCUT2D eigenvalue weighted by molar-refractivity contribution is 7.10. The number of nitro groups is 1. The molecule has 19 heavy (non-hydrogen) atoms. The first-order valence-electron chi connectivity index (χ1n) is 5.17. The highest BCUT2D eigenvalue weighted by atomic mass is 32.1. The number of carbonyl (C=O) groups excluding carboxylic acids is 1. The molecular formula is C10H9N5O3S. The lowest BCUT2D eigenvalue weighted by Gasteiger charge is -2.08. The third-order valence-corrected chi connectivity index (χ3v) is 2.91. The Morgan fingerprint density at radius 2 is 2.26 bits per heavy atom. The van der Waals surface area contributed by atoms with Crippen molar-refractivity contribution in [2.24, 2.45) is 0 Å². The third-order valence-electron chi connectivity index (χ3n) is 2.33. The van der Waals surface area contributed by atoms with Crippen molar-refractivity contribution in [2.75, 3.05) is 17.7 Å². The van der Waals surface area contributed by atoms with Gasteiger partial charge in [0.1, 0.15) is 10.7 Å². The SMILES string of the molecule is CNc1c(C(=O)Nc2cnns2)cccc1[N+](=O)[O-]. The van der Waals surface area contributed by atoms with Gasteiger partial charge in [-0.3, -0.25) is 14.9 Å². The van der Waals surface area contributed by atoms with Crippen LogP contribution in [0.2, 0.25) is 0 Å². The molecule has 0 bridgehead atoms. The third kappa shape index (κ3) is 2.65. The summed E-state index contributed by atoms with van der Waals surface area (Å²) in [6.07, 6.45) is 1.40. The number of amides is 1. The predicted molar refractivity (Wildman–Crippen MR) is 70.5 cm³/mol. The maximum Gasteiger partial charge on any atom is 0.293 e. The monoisotopic (exact) mass is 279 g/mol. The second-order valence-electron chi connectivity index (χ2n) is 3.44. The molecule has 0 atom stereocenters. The Morgan fingerprint density at radius 3 is 2.84 bits per heavy atom. The van der Waals surface area contributed by atoms with Gasteiger partial charge in [0.25, 0.3) is 11.6 Å². The molecule has 1 aromatic heterocycles. The van der Waals surface area contributed by atoms with Crippen LogP contribution >= 0.6 is 11.5 Å². The molecule has 0 radical (unpaired) electrons. The summed E-state index contributed by atoms with van der Waals surface area (Å²) >= 11 is 1.02. The normalized spacial score (nSPS) is 9.95. The summed E-state index contributed by atoms with van der Waals surface area (Å²) in [7, 11) is 1.52. The number of hydrogen-bond acceptors (Lipinski definition) is 7. The average Bonchev–Trinajstić information content (AvgIpc) is 2.90. The van der Waals surface area contributed by atoms with E-state index in [0.29, 0.717) is 5.00 Å². The molecule has 1 heterocycles. The quantitative estimate of drug-likeness (QED) is 0.651. The lowest BCUT2D eigenvalue weighted by Crippen LogP contribution is -2.14. The van der Waals surface area contributed by atoms with Gasteiger partial charge in [0.15, 0.2) is 0 Å². The topological polar surface area (TPSA) is 110 Å². The van der Waals surface area contributed by atoms with Gasteiger partial charge in [-0.05, 0) is 6.07 Å². The summed E-state index contributed by atoms with van der Waals surface area (Å²) in [5.41, 5.74) is 0.199. The highest BCUT2D eigenvalue weighted by Crippen LogP contribution is 2.28. The zero-order valence-corrected chi connectivity index (χ0v) is 10.6. The summed E-state index contributed by atoms with van der Waals surface area (Å²) < 4.78 is 3.61. The van der Waals surface area contributed by atoms with Crippen molar-refractivity contribution < 1.29 is 9.72 Å². The Hall–Kier alpha value is -2.55. The van der Waals surface area contributed by atoms with Gasteiger partial charge in [-0.15, -0.1) is 5.10 Å². The molecule has 0 aliphatic carbocycles. The second-order valence-corrected chi connectivity index (χ2v) is 4.23. The molecular weight excluding hydrogens is 270 g/mol. The number of rotatable bonds is 4. The number of benzene rings is 1. The Morgan fingerprint density at radius 1 is 1.47 bits per heavy atom. The molecule has 8 nitrogen and oxygen atoms in total. The molecule has 9 heteroatoms. The number of nitrogens with one attached hydrogen (secondary N) is 2. The Labute approximate surface area is 111 Å². The minimum Gasteiger partial charge on any atom is -0.382 e. The van der Waals surface area contributed by atoms with E-state index in [1.807, 2.05) is 0 Å². The molecule has 0 fully saturated rings. The van der Waals surface area contributed by atoms with Crippen LogP contribution in [0, 0.1) is 10.1 Å². The van der Waals surface area contributed by atoms with E-state index in [2.05, 4.69) is 20.2 Å². The Balaban J connectivity index is 2.36. The first-order valence-corrected chi connectivity index (χ1v) is 5.94. The summed E-state index contributed by atoms with van der Waals surface area (Å²) in [5, 5.41) is 20.2. The molecule has 0 aliphatic rings. The number of anilines is 2. The molecule has 0 saturated heterocycles. The Kier molecular flexibility index (Phi) is 3.66. The van der Waals surface area contributed by atoms with E-state index in [9.17, 15) is 14.9 Å². The highest BCUT2D eigenvalue weighted by Gasteiger charge is 2.20. The van der Waals surface area contributed by atoms with E-state index >= 15 is 0 Å². The van der Waals surface area contributed by atoms with Crippen molar-refractivity contribution in [3.63, 3.8) is 0 Å². The largest absolute Gasteiger partial charge is 0.382 e. The first kappa shape index (κ1) is 12.9. The van der Waals surface area contributed by atoms with Gasteiger partial charge >= 0.3 is 0 Å². The van der Waals surface area contributed by atoms with Crippen LogP contribution in [0.1, 0.15) is 10.4 Å². The van der Waals surface area contributed by atoms with Gasteiger partial charge in [0.2, 0.25) is 0 Å². The summed E-state index contributed by atoms with van der Waals surface area (Å²) in [5.74, 6) is -0.459. The number of aromatic nitrogens is 2. The van der Waals surface area contributed by atoms with E-state index in [1.54, 1.807) is 0 Å². The minimum absolute atomic E-state index is 0.155. The average molecular weight is 279 g/mol. The fourth-order valence-electron chi connectivity index (χ4n) is 1.55. The van der Waals surface area contributed by atoms with Crippen LogP contribution in [0.3, 0.4) is 0 Å². The molecule has 2 N–H and O–H groups in total. The van der Waals surface area contributed by atoms with Crippen LogP contribution in [0.15, 0.2) is 24.4 Å². The van der Waals surface area contributed by atoms with E-state index in [-0.39, 0.29) is 16.9 Å². The molecule has 2 aromatic rings. The maximum absolute atomic E-state index is 12.0. The number of nitrogens with zero attached hydrogens (tertiary/aromatic N) is 3. The van der Waals surface area contributed by atoms with Gasteiger partial charge in [0, 0.05) is 24.6 Å². The fourth-order valence-corrected chi connectivity index (χ4v) is 1.96. The standard InChI is InChI=1S/C10H9N5O3S/c1-11-9-6(3-2-4-7(9)15(17)18)10(16)13-8-5-12-14-19-8/h2-5,11H,1H3,(H,13,16). The van der Waals surface area contributed by atoms with Gasteiger partial charge < -0.3 is 10.6 Å².